The Morgan fingerprint density at radius 3 is 2.33 bits per heavy atom. The summed E-state index contributed by atoms with van der Waals surface area (Å²) < 4.78 is 0. The first-order valence-electron chi connectivity index (χ1n) is 7.89. The van der Waals surface area contributed by atoms with Gasteiger partial charge in [-0.1, -0.05) is 44.2 Å². The molecule has 0 bridgehead atoms. The minimum atomic E-state index is -0.456. The first-order valence-corrected chi connectivity index (χ1v) is 7.89. The van der Waals surface area contributed by atoms with Crippen LogP contribution in [0.1, 0.15) is 30.5 Å². The van der Waals surface area contributed by atoms with Crippen LogP contribution in [0.15, 0.2) is 48.5 Å². The summed E-state index contributed by atoms with van der Waals surface area (Å²) in [6.45, 7) is 4.09. The molecule has 2 rings (SSSR count). The minimum absolute atomic E-state index is 0.00200. The Labute approximate surface area is 141 Å². The molecule has 0 saturated carbocycles. The van der Waals surface area contributed by atoms with Crippen molar-refractivity contribution in [1.29, 1.82) is 0 Å². The zero-order chi connectivity index (χ0) is 17.5. The molecule has 5 heteroatoms. The number of para-hydroxylation sites is 1. The van der Waals surface area contributed by atoms with Gasteiger partial charge in [0.2, 0.25) is 5.91 Å². The van der Waals surface area contributed by atoms with E-state index in [9.17, 15) is 14.9 Å². The molecule has 0 spiro atoms. The number of anilines is 1. The summed E-state index contributed by atoms with van der Waals surface area (Å²) in [5, 5.41) is 13.7. The second-order valence-electron chi connectivity index (χ2n) is 5.33. The van der Waals surface area contributed by atoms with Crippen molar-refractivity contribution in [1.82, 2.24) is 0 Å². The average Bonchev–Trinajstić information content (AvgIpc) is 2.60. The Bertz CT molecular complexity index is 760. The van der Waals surface area contributed by atoms with Gasteiger partial charge in [-0.25, -0.2) is 0 Å². The van der Waals surface area contributed by atoms with Gasteiger partial charge in [0.1, 0.15) is 0 Å². The molecule has 0 radical (unpaired) electrons. The molecule has 1 amide bonds. The maximum Gasteiger partial charge on any atom is 0.270 e. The van der Waals surface area contributed by atoms with Gasteiger partial charge in [0.05, 0.1) is 4.92 Å². The lowest BCUT2D eigenvalue weighted by atomic mass is 10.0. The summed E-state index contributed by atoms with van der Waals surface area (Å²) in [5.74, 6) is -0.253. The van der Waals surface area contributed by atoms with Crippen LogP contribution in [0.3, 0.4) is 0 Å². The largest absolute Gasteiger partial charge is 0.322 e. The van der Waals surface area contributed by atoms with Crippen LogP contribution in [-0.2, 0) is 17.6 Å². The van der Waals surface area contributed by atoms with Gasteiger partial charge in [-0.15, -0.1) is 0 Å². The molecule has 5 nitrogen and oxygen atoms in total. The first-order chi connectivity index (χ1) is 11.5. The van der Waals surface area contributed by atoms with Crippen molar-refractivity contribution >= 4 is 23.4 Å². The van der Waals surface area contributed by atoms with Crippen molar-refractivity contribution in [3.8, 4) is 0 Å². The molecular formula is C19H20N2O3. The van der Waals surface area contributed by atoms with Crippen molar-refractivity contribution in [3.63, 3.8) is 0 Å². The number of rotatable bonds is 6. The Balaban J connectivity index is 2.17. The molecule has 0 aliphatic carbocycles. The van der Waals surface area contributed by atoms with Crippen molar-refractivity contribution in [2.24, 2.45) is 0 Å². The molecule has 0 fully saturated rings. The third kappa shape index (κ3) is 4.29. The number of benzene rings is 2. The number of aryl methyl sites for hydroxylation is 2. The van der Waals surface area contributed by atoms with Gasteiger partial charge in [-0.05, 0) is 35.6 Å². The van der Waals surface area contributed by atoms with E-state index in [1.54, 1.807) is 18.2 Å². The van der Waals surface area contributed by atoms with E-state index in [1.807, 2.05) is 32.0 Å². The average molecular weight is 324 g/mol. The predicted molar refractivity (Wildman–Crippen MR) is 96.0 cm³/mol. The summed E-state index contributed by atoms with van der Waals surface area (Å²) >= 11 is 0. The SMILES string of the molecule is CCc1cccc(CC)c1NC(=O)/C=C/c1cccc([N+](=O)[O-])c1. The third-order valence-corrected chi connectivity index (χ3v) is 3.76. The quantitative estimate of drug-likeness (QED) is 0.487. The van der Waals surface area contributed by atoms with Gasteiger partial charge in [0, 0.05) is 23.9 Å². The van der Waals surface area contributed by atoms with Crippen molar-refractivity contribution < 1.29 is 9.72 Å². The third-order valence-electron chi connectivity index (χ3n) is 3.76. The van der Waals surface area contributed by atoms with Crippen LogP contribution < -0.4 is 5.32 Å². The fraction of sp³-hybridized carbons (Fsp3) is 0.211. The molecule has 1 N–H and O–H groups in total. The van der Waals surface area contributed by atoms with Gasteiger partial charge in [0.15, 0.2) is 0 Å². The molecule has 0 aromatic heterocycles. The smallest absolute Gasteiger partial charge is 0.270 e. The molecule has 0 heterocycles. The number of nitro benzene ring substituents is 1. The lowest BCUT2D eigenvalue weighted by Crippen LogP contribution is -2.11. The lowest BCUT2D eigenvalue weighted by Gasteiger charge is -2.13. The van der Waals surface area contributed by atoms with Gasteiger partial charge in [-0.3, -0.25) is 14.9 Å². The fourth-order valence-corrected chi connectivity index (χ4v) is 2.48. The van der Waals surface area contributed by atoms with Crippen LogP contribution in [0.5, 0.6) is 0 Å². The zero-order valence-corrected chi connectivity index (χ0v) is 13.8. The summed E-state index contributed by atoms with van der Waals surface area (Å²) in [5.41, 5.74) is 3.65. The summed E-state index contributed by atoms with van der Waals surface area (Å²) in [6.07, 6.45) is 4.63. The lowest BCUT2D eigenvalue weighted by molar-refractivity contribution is -0.384. The van der Waals surface area contributed by atoms with Crippen LogP contribution in [0.2, 0.25) is 0 Å². The van der Waals surface area contributed by atoms with Crippen LogP contribution in [-0.4, -0.2) is 10.8 Å². The van der Waals surface area contributed by atoms with E-state index in [2.05, 4.69) is 5.32 Å². The van der Waals surface area contributed by atoms with Crippen molar-refractivity contribution in [3.05, 3.63) is 75.3 Å². The van der Waals surface area contributed by atoms with E-state index in [1.165, 1.54) is 18.2 Å². The number of non-ortho nitro benzene ring substituents is 1. The molecule has 0 aliphatic heterocycles. The van der Waals surface area contributed by atoms with Crippen LogP contribution >= 0.6 is 0 Å². The normalized spacial score (nSPS) is 10.8. The Morgan fingerprint density at radius 2 is 1.75 bits per heavy atom. The highest BCUT2D eigenvalue weighted by Gasteiger charge is 2.08. The minimum Gasteiger partial charge on any atom is -0.322 e. The maximum absolute atomic E-state index is 12.2. The summed E-state index contributed by atoms with van der Waals surface area (Å²) in [6, 6.07) is 12.2. The van der Waals surface area contributed by atoms with E-state index in [0.29, 0.717) is 5.56 Å². The van der Waals surface area contributed by atoms with Crippen molar-refractivity contribution in [2.75, 3.05) is 5.32 Å². The Kier molecular flexibility index (Phi) is 5.84. The molecule has 2 aromatic rings. The number of nitrogens with one attached hydrogen (secondary N) is 1. The van der Waals surface area contributed by atoms with E-state index in [0.717, 1.165) is 29.7 Å². The standard InChI is InChI=1S/C19H20N2O3/c1-3-15-8-6-9-16(4-2)19(15)20-18(22)12-11-14-7-5-10-17(13-14)21(23)24/h5-13H,3-4H2,1-2H3,(H,20,22)/b12-11+. The van der Waals surface area contributed by atoms with Gasteiger partial charge < -0.3 is 5.32 Å². The molecule has 0 saturated heterocycles. The highest BCUT2D eigenvalue weighted by molar-refractivity contribution is 6.02. The fourth-order valence-electron chi connectivity index (χ4n) is 2.48. The van der Waals surface area contributed by atoms with Gasteiger partial charge in [0.25, 0.3) is 5.69 Å². The van der Waals surface area contributed by atoms with Gasteiger partial charge >= 0.3 is 0 Å². The second-order valence-corrected chi connectivity index (χ2v) is 5.33. The molecule has 0 aliphatic rings. The highest BCUT2D eigenvalue weighted by atomic mass is 16.6. The first kappa shape index (κ1) is 17.4. The zero-order valence-electron chi connectivity index (χ0n) is 13.8. The van der Waals surface area contributed by atoms with Crippen LogP contribution in [0.25, 0.3) is 6.08 Å². The Hall–Kier alpha value is -2.95. The van der Waals surface area contributed by atoms with E-state index in [-0.39, 0.29) is 11.6 Å². The number of nitro groups is 1. The number of carbonyl (C=O) groups is 1. The Morgan fingerprint density at radius 1 is 1.12 bits per heavy atom. The maximum atomic E-state index is 12.2. The number of nitrogens with zero attached hydrogens (tertiary/aromatic N) is 1. The molecule has 2 aromatic carbocycles. The van der Waals surface area contributed by atoms with E-state index in [4.69, 9.17) is 0 Å². The molecule has 24 heavy (non-hydrogen) atoms. The van der Waals surface area contributed by atoms with Gasteiger partial charge in [-0.2, -0.15) is 0 Å². The van der Waals surface area contributed by atoms with Crippen LogP contribution in [0, 0.1) is 10.1 Å². The summed E-state index contributed by atoms with van der Waals surface area (Å²) in [4.78, 5) is 22.5. The monoisotopic (exact) mass is 324 g/mol. The number of amides is 1. The summed E-state index contributed by atoms with van der Waals surface area (Å²) in [7, 11) is 0. The predicted octanol–water partition coefficient (Wildman–Crippen LogP) is 4.37. The van der Waals surface area contributed by atoms with Crippen LogP contribution in [0.4, 0.5) is 11.4 Å². The molecular weight excluding hydrogens is 304 g/mol. The number of hydrogen-bond acceptors (Lipinski definition) is 3. The number of carbonyl (C=O) groups excluding carboxylic acids is 1. The topological polar surface area (TPSA) is 72.2 Å². The van der Waals surface area contributed by atoms with E-state index >= 15 is 0 Å². The molecule has 0 unspecified atom stereocenters. The molecule has 0 atom stereocenters. The van der Waals surface area contributed by atoms with Crippen molar-refractivity contribution in [2.45, 2.75) is 26.7 Å². The highest BCUT2D eigenvalue weighted by Crippen LogP contribution is 2.22. The number of hydrogen-bond donors (Lipinski definition) is 1. The van der Waals surface area contributed by atoms with E-state index < -0.39 is 4.92 Å². The molecule has 124 valence electrons. The second kappa shape index (κ2) is 8.06.